The first-order chi connectivity index (χ1) is 9.79. The first kappa shape index (κ1) is 13.6. The number of benzene rings is 2. The predicted molar refractivity (Wildman–Crippen MR) is 88.8 cm³/mol. The molecule has 20 heavy (non-hydrogen) atoms. The Morgan fingerprint density at radius 2 is 1.90 bits per heavy atom. The van der Waals surface area contributed by atoms with E-state index in [0.717, 1.165) is 11.6 Å². The second kappa shape index (κ2) is 5.96. The average molecular weight is 302 g/mol. The molecule has 1 aromatic heterocycles. The molecule has 3 heteroatoms. The Kier molecular flexibility index (Phi) is 4.06. The third-order valence-corrected chi connectivity index (χ3v) is 4.66. The summed E-state index contributed by atoms with van der Waals surface area (Å²) in [7, 11) is 0. The molecule has 0 fully saturated rings. The zero-order valence-electron chi connectivity index (χ0n) is 11.3. The molecule has 0 radical (unpaired) electrons. The number of halogens is 1. The summed E-state index contributed by atoms with van der Waals surface area (Å²) in [5.41, 5.74) is 2.58. The largest absolute Gasteiger partial charge is 0.306 e. The van der Waals surface area contributed by atoms with E-state index >= 15 is 0 Å². The van der Waals surface area contributed by atoms with Gasteiger partial charge in [-0.2, -0.15) is 0 Å². The van der Waals surface area contributed by atoms with E-state index in [0.29, 0.717) is 0 Å². The third kappa shape index (κ3) is 2.59. The van der Waals surface area contributed by atoms with Crippen molar-refractivity contribution in [3.05, 3.63) is 70.1 Å². The topological polar surface area (TPSA) is 12.0 Å². The van der Waals surface area contributed by atoms with Gasteiger partial charge < -0.3 is 5.32 Å². The molecule has 3 aromatic rings. The molecule has 0 bridgehead atoms. The Hall–Kier alpha value is -1.35. The molecule has 0 aliphatic rings. The van der Waals surface area contributed by atoms with Gasteiger partial charge in [-0.25, -0.2) is 0 Å². The highest BCUT2D eigenvalue weighted by molar-refractivity contribution is 7.17. The molecular formula is C17H16ClNS. The second-order valence-electron chi connectivity index (χ2n) is 4.73. The van der Waals surface area contributed by atoms with Crippen molar-refractivity contribution >= 4 is 33.0 Å². The summed E-state index contributed by atoms with van der Waals surface area (Å²) in [6.45, 7) is 3.06. The van der Waals surface area contributed by atoms with Crippen LogP contribution in [-0.4, -0.2) is 6.54 Å². The van der Waals surface area contributed by atoms with E-state index in [9.17, 15) is 0 Å². The maximum atomic E-state index is 6.00. The maximum Gasteiger partial charge on any atom is 0.0590 e. The van der Waals surface area contributed by atoms with Crippen LogP contribution in [0.15, 0.2) is 53.9 Å². The number of hydrogen-bond donors (Lipinski definition) is 1. The van der Waals surface area contributed by atoms with Crippen LogP contribution in [-0.2, 0) is 0 Å². The van der Waals surface area contributed by atoms with E-state index in [1.165, 1.54) is 21.2 Å². The summed E-state index contributed by atoms with van der Waals surface area (Å²) >= 11 is 7.80. The van der Waals surface area contributed by atoms with Crippen LogP contribution in [0.2, 0.25) is 5.02 Å². The maximum absolute atomic E-state index is 6.00. The van der Waals surface area contributed by atoms with Crippen LogP contribution in [0.5, 0.6) is 0 Å². The quantitative estimate of drug-likeness (QED) is 0.693. The molecule has 0 saturated carbocycles. The molecule has 102 valence electrons. The van der Waals surface area contributed by atoms with E-state index in [1.54, 1.807) is 11.3 Å². The minimum absolute atomic E-state index is 0.208. The van der Waals surface area contributed by atoms with E-state index in [1.807, 2.05) is 12.1 Å². The lowest BCUT2D eigenvalue weighted by Gasteiger charge is -2.20. The molecular weight excluding hydrogens is 286 g/mol. The van der Waals surface area contributed by atoms with Crippen molar-refractivity contribution in [3.63, 3.8) is 0 Å². The number of nitrogens with one attached hydrogen (secondary N) is 1. The predicted octanol–water partition coefficient (Wildman–Crippen LogP) is 5.25. The molecule has 0 aliphatic heterocycles. The van der Waals surface area contributed by atoms with Crippen molar-refractivity contribution in [3.8, 4) is 0 Å². The standard InChI is InChI=1S/C17H16ClNS/c1-2-19-16(12-6-8-14(18)9-7-12)15-5-3-4-13-10-11-20-17(13)15/h3-11,16,19H,2H2,1H3. The highest BCUT2D eigenvalue weighted by Crippen LogP contribution is 2.32. The molecule has 1 heterocycles. The zero-order valence-corrected chi connectivity index (χ0v) is 12.8. The van der Waals surface area contributed by atoms with E-state index < -0.39 is 0 Å². The number of hydrogen-bond acceptors (Lipinski definition) is 2. The van der Waals surface area contributed by atoms with Gasteiger partial charge in [0.2, 0.25) is 0 Å². The molecule has 0 spiro atoms. The van der Waals surface area contributed by atoms with Gasteiger partial charge in [-0.05, 0) is 46.6 Å². The summed E-state index contributed by atoms with van der Waals surface area (Å²) in [5, 5.41) is 7.82. The van der Waals surface area contributed by atoms with Crippen LogP contribution in [0.3, 0.4) is 0 Å². The zero-order chi connectivity index (χ0) is 13.9. The van der Waals surface area contributed by atoms with Gasteiger partial charge in [-0.3, -0.25) is 0 Å². The Morgan fingerprint density at radius 3 is 2.65 bits per heavy atom. The van der Waals surface area contributed by atoms with Crippen LogP contribution in [0.1, 0.15) is 24.1 Å². The fourth-order valence-electron chi connectivity index (χ4n) is 2.51. The lowest BCUT2D eigenvalue weighted by molar-refractivity contribution is 0.635. The molecule has 0 amide bonds. The molecule has 1 nitrogen and oxygen atoms in total. The SMILES string of the molecule is CCNC(c1ccc(Cl)cc1)c1cccc2ccsc12. The van der Waals surface area contributed by atoms with Crippen LogP contribution in [0.25, 0.3) is 10.1 Å². The van der Waals surface area contributed by atoms with Crippen molar-refractivity contribution in [1.82, 2.24) is 5.32 Å². The Morgan fingerprint density at radius 1 is 1.10 bits per heavy atom. The normalized spacial score (nSPS) is 12.7. The molecule has 0 aliphatic carbocycles. The first-order valence-corrected chi connectivity index (χ1v) is 8.00. The van der Waals surface area contributed by atoms with Gasteiger partial charge in [0.1, 0.15) is 0 Å². The molecule has 1 N–H and O–H groups in total. The third-order valence-electron chi connectivity index (χ3n) is 3.43. The van der Waals surface area contributed by atoms with Crippen LogP contribution < -0.4 is 5.32 Å². The molecule has 2 aromatic carbocycles. The fraction of sp³-hybridized carbons (Fsp3) is 0.176. The van der Waals surface area contributed by atoms with Gasteiger partial charge in [0, 0.05) is 9.72 Å². The summed E-state index contributed by atoms with van der Waals surface area (Å²) in [6, 6.07) is 17.0. The van der Waals surface area contributed by atoms with Crippen LogP contribution >= 0.6 is 22.9 Å². The Balaban J connectivity index is 2.10. The van der Waals surface area contributed by atoms with Crippen LogP contribution in [0, 0.1) is 0 Å². The van der Waals surface area contributed by atoms with Gasteiger partial charge in [0.15, 0.2) is 0 Å². The van der Waals surface area contributed by atoms with Crippen molar-refractivity contribution in [1.29, 1.82) is 0 Å². The van der Waals surface area contributed by atoms with E-state index in [-0.39, 0.29) is 6.04 Å². The first-order valence-electron chi connectivity index (χ1n) is 6.74. The summed E-state index contributed by atoms with van der Waals surface area (Å²) < 4.78 is 1.36. The van der Waals surface area contributed by atoms with E-state index in [4.69, 9.17) is 11.6 Å². The highest BCUT2D eigenvalue weighted by Gasteiger charge is 2.16. The second-order valence-corrected chi connectivity index (χ2v) is 6.08. The van der Waals surface area contributed by atoms with Crippen LogP contribution in [0.4, 0.5) is 0 Å². The molecule has 0 saturated heterocycles. The van der Waals surface area contributed by atoms with Crippen molar-refractivity contribution in [2.45, 2.75) is 13.0 Å². The number of fused-ring (bicyclic) bond motifs is 1. The fourth-order valence-corrected chi connectivity index (χ4v) is 3.58. The van der Waals surface area contributed by atoms with Crippen molar-refractivity contribution in [2.75, 3.05) is 6.54 Å². The summed E-state index contributed by atoms with van der Waals surface area (Å²) in [6.07, 6.45) is 0. The lowest BCUT2D eigenvalue weighted by Crippen LogP contribution is -2.21. The minimum Gasteiger partial charge on any atom is -0.306 e. The summed E-state index contributed by atoms with van der Waals surface area (Å²) in [5.74, 6) is 0. The van der Waals surface area contributed by atoms with Gasteiger partial charge in [0.25, 0.3) is 0 Å². The van der Waals surface area contributed by atoms with Crippen molar-refractivity contribution < 1.29 is 0 Å². The molecule has 1 atom stereocenters. The van der Waals surface area contributed by atoms with Crippen molar-refractivity contribution in [2.24, 2.45) is 0 Å². The lowest BCUT2D eigenvalue weighted by atomic mass is 9.97. The minimum atomic E-state index is 0.208. The van der Waals surface area contributed by atoms with E-state index in [2.05, 4.69) is 54.0 Å². The number of rotatable bonds is 4. The van der Waals surface area contributed by atoms with Gasteiger partial charge in [0.05, 0.1) is 6.04 Å². The number of thiophene rings is 1. The van der Waals surface area contributed by atoms with Gasteiger partial charge in [-0.15, -0.1) is 11.3 Å². The highest BCUT2D eigenvalue weighted by atomic mass is 35.5. The molecule has 1 unspecified atom stereocenters. The Labute approximate surface area is 128 Å². The van der Waals surface area contributed by atoms with Gasteiger partial charge >= 0.3 is 0 Å². The molecule has 3 rings (SSSR count). The average Bonchev–Trinajstić information content (AvgIpc) is 2.94. The van der Waals surface area contributed by atoms with Gasteiger partial charge in [-0.1, -0.05) is 48.9 Å². The smallest absolute Gasteiger partial charge is 0.0590 e. The monoisotopic (exact) mass is 301 g/mol. The summed E-state index contributed by atoms with van der Waals surface area (Å²) in [4.78, 5) is 0. The Bertz CT molecular complexity index is 702.